The van der Waals surface area contributed by atoms with Gasteiger partial charge in [0.1, 0.15) is 0 Å². The zero-order valence-electron chi connectivity index (χ0n) is 15.6. The average molecular weight is 364 g/mol. The van der Waals surface area contributed by atoms with Crippen LogP contribution >= 0.6 is 11.3 Å². The molecule has 3 rings (SSSR count). The van der Waals surface area contributed by atoms with Crippen molar-refractivity contribution in [1.29, 1.82) is 0 Å². The van der Waals surface area contributed by atoms with Crippen LogP contribution in [-0.4, -0.2) is 41.9 Å². The standard InChI is InChI=1S/C19H29N3O2S/c1-12-11-15(21-18(24)19(2,3)4)25-16(12)17(23)20-13-8-10-22-9-6-5-7-14(13)22/h11,13-14H,5-10H2,1-4H3,(H,20,23)(H,21,24). The maximum atomic E-state index is 12.8. The van der Waals surface area contributed by atoms with Gasteiger partial charge in [-0.05, 0) is 44.4 Å². The number of nitrogens with zero attached hydrogens (tertiary/aromatic N) is 1. The lowest BCUT2D eigenvalue weighted by Gasteiger charge is -2.32. The Labute approximate surface area is 154 Å². The van der Waals surface area contributed by atoms with Crippen molar-refractivity contribution in [3.05, 3.63) is 16.5 Å². The van der Waals surface area contributed by atoms with E-state index in [9.17, 15) is 9.59 Å². The number of hydrogen-bond donors (Lipinski definition) is 2. The Hall–Kier alpha value is -1.40. The first kappa shape index (κ1) is 18.4. The fourth-order valence-electron chi connectivity index (χ4n) is 3.72. The summed E-state index contributed by atoms with van der Waals surface area (Å²) in [5.41, 5.74) is 0.472. The summed E-state index contributed by atoms with van der Waals surface area (Å²) >= 11 is 1.37. The van der Waals surface area contributed by atoms with Gasteiger partial charge in [0.05, 0.1) is 9.88 Å². The number of nitrogens with one attached hydrogen (secondary N) is 2. The smallest absolute Gasteiger partial charge is 0.261 e. The minimum absolute atomic E-state index is 0.00354. The number of anilines is 1. The van der Waals surface area contributed by atoms with E-state index in [1.807, 2.05) is 33.8 Å². The second-order valence-corrected chi connectivity index (χ2v) is 9.35. The Kier molecular flexibility index (Phi) is 5.21. The minimum Gasteiger partial charge on any atom is -0.347 e. The molecule has 2 unspecified atom stereocenters. The van der Waals surface area contributed by atoms with E-state index in [2.05, 4.69) is 15.5 Å². The fourth-order valence-corrected chi connectivity index (χ4v) is 4.69. The number of carbonyl (C=O) groups excluding carboxylic acids is 2. The molecule has 6 heteroatoms. The molecule has 2 saturated heterocycles. The van der Waals surface area contributed by atoms with Gasteiger partial charge in [-0.15, -0.1) is 11.3 Å². The van der Waals surface area contributed by atoms with E-state index in [1.165, 1.54) is 30.6 Å². The van der Waals surface area contributed by atoms with Gasteiger partial charge in [-0.1, -0.05) is 27.2 Å². The molecular formula is C19H29N3O2S. The van der Waals surface area contributed by atoms with Crippen molar-refractivity contribution in [2.75, 3.05) is 18.4 Å². The van der Waals surface area contributed by atoms with E-state index >= 15 is 0 Å². The molecule has 0 saturated carbocycles. The molecule has 3 heterocycles. The Morgan fingerprint density at radius 3 is 2.68 bits per heavy atom. The molecule has 0 aromatic carbocycles. The monoisotopic (exact) mass is 363 g/mol. The molecule has 2 aliphatic heterocycles. The van der Waals surface area contributed by atoms with Crippen molar-refractivity contribution in [1.82, 2.24) is 10.2 Å². The molecule has 2 N–H and O–H groups in total. The molecule has 2 atom stereocenters. The summed E-state index contributed by atoms with van der Waals surface area (Å²) < 4.78 is 0. The lowest BCUT2D eigenvalue weighted by atomic mass is 9.96. The lowest BCUT2D eigenvalue weighted by molar-refractivity contribution is -0.123. The molecular weight excluding hydrogens is 334 g/mol. The van der Waals surface area contributed by atoms with E-state index in [1.54, 1.807) is 0 Å². The van der Waals surface area contributed by atoms with Crippen molar-refractivity contribution < 1.29 is 9.59 Å². The quantitative estimate of drug-likeness (QED) is 0.865. The van der Waals surface area contributed by atoms with Crippen LogP contribution in [0, 0.1) is 12.3 Å². The van der Waals surface area contributed by atoms with Gasteiger partial charge in [0.2, 0.25) is 5.91 Å². The molecule has 0 bridgehead atoms. The van der Waals surface area contributed by atoms with E-state index in [-0.39, 0.29) is 17.9 Å². The highest BCUT2D eigenvalue weighted by molar-refractivity contribution is 7.18. The van der Waals surface area contributed by atoms with E-state index in [0.29, 0.717) is 10.9 Å². The number of rotatable bonds is 3. The minimum atomic E-state index is -0.450. The number of fused-ring (bicyclic) bond motifs is 1. The summed E-state index contributed by atoms with van der Waals surface area (Å²) in [5.74, 6) is -0.0365. The van der Waals surface area contributed by atoms with Crippen LogP contribution in [0.1, 0.15) is 61.7 Å². The van der Waals surface area contributed by atoms with Crippen LogP contribution in [0.25, 0.3) is 0 Å². The second kappa shape index (κ2) is 7.08. The highest BCUT2D eigenvalue weighted by Gasteiger charge is 2.36. The van der Waals surface area contributed by atoms with Gasteiger partial charge in [-0.3, -0.25) is 14.5 Å². The summed E-state index contributed by atoms with van der Waals surface area (Å²) in [6.45, 7) is 9.83. The van der Waals surface area contributed by atoms with Crippen LogP contribution in [0.15, 0.2) is 6.07 Å². The van der Waals surface area contributed by atoms with E-state index in [0.717, 1.165) is 30.1 Å². The van der Waals surface area contributed by atoms with Gasteiger partial charge in [0.15, 0.2) is 0 Å². The average Bonchev–Trinajstić information content (AvgIpc) is 3.10. The Bertz CT molecular complexity index is 662. The van der Waals surface area contributed by atoms with Crippen molar-refractivity contribution in [2.45, 2.75) is 65.5 Å². The molecule has 25 heavy (non-hydrogen) atoms. The normalized spacial score (nSPS) is 24.0. The summed E-state index contributed by atoms with van der Waals surface area (Å²) in [6, 6.07) is 2.64. The molecule has 138 valence electrons. The molecule has 2 aliphatic rings. The number of carbonyl (C=O) groups is 2. The topological polar surface area (TPSA) is 61.4 Å². The Balaban J connectivity index is 1.65. The predicted molar refractivity (Wildman–Crippen MR) is 102 cm³/mol. The van der Waals surface area contributed by atoms with Crippen molar-refractivity contribution in [3.63, 3.8) is 0 Å². The van der Waals surface area contributed by atoms with Gasteiger partial charge in [0.25, 0.3) is 5.91 Å². The maximum Gasteiger partial charge on any atom is 0.261 e. The summed E-state index contributed by atoms with van der Waals surface area (Å²) in [7, 11) is 0. The van der Waals surface area contributed by atoms with Crippen LogP contribution in [0.3, 0.4) is 0 Å². The van der Waals surface area contributed by atoms with Crippen LogP contribution in [0.5, 0.6) is 0 Å². The van der Waals surface area contributed by atoms with Crippen LogP contribution in [-0.2, 0) is 4.79 Å². The second-order valence-electron chi connectivity index (χ2n) is 8.29. The molecule has 0 aliphatic carbocycles. The number of hydrogen-bond acceptors (Lipinski definition) is 4. The Morgan fingerprint density at radius 2 is 1.96 bits per heavy atom. The van der Waals surface area contributed by atoms with E-state index in [4.69, 9.17) is 0 Å². The summed E-state index contributed by atoms with van der Waals surface area (Å²) in [5, 5.41) is 6.92. The third kappa shape index (κ3) is 4.06. The number of amides is 2. The first-order valence-electron chi connectivity index (χ1n) is 9.22. The number of piperidine rings is 1. The van der Waals surface area contributed by atoms with Gasteiger partial charge in [-0.2, -0.15) is 0 Å². The zero-order valence-corrected chi connectivity index (χ0v) is 16.5. The molecule has 0 spiro atoms. The third-order valence-electron chi connectivity index (χ3n) is 5.21. The van der Waals surface area contributed by atoms with Gasteiger partial charge in [-0.25, -0.2) is 0 Å². The molecule has 1 aromatic rings. The van der Waals surface area contributed by atoms with Gasteiger partial charge in [0, 0.05) is 24.0 Å². The molecule has 2 amide bonds. The highest BCUT2D eigenvalue weighted by atomic mass is 32.1. The first-order chi connectivity index (χ1) is 11.8. The largest absolute Gasteiger partial charge is 0.347 e. The van der Waals surface area contributed by atoms with Crippen molar-refractivity contribution in [3.8, 4) is 0 Å². The summed E-state index contributed by atoms with van der Waals surface area (Å²) in [6.07, 6.45) is 4.75. The van der Waals surface area contributed by atoms with E-state index < -0.39 is 5.41 Å². The number of aryl methyl sites for hydroxylation is 1. The highest BCUT2D eigenvalue weighted by Crippen LogP contribution is 2.30. The Morgan fingerprint density at radius 1 is 1.20 bits per heavy atom. The SMILES string of the molecule is Cc1cc(NC(=O)C(C)(C)C)sc1C(=O)NC1CCN2CCCCC12. The third-order valence-corrected chi connectivity index (χ3v) is 6.37. The van der Waals surface area contributed by atoms with Gasteiger partial charge < -0.3 is 10.6 Å². The zero-order chi connectivity index (χ0) is 18.2. The molecule has 0 radical (unpaired) electrons. The number of thiophene rings is 1. The first-order valence-corrected chi connectivity index (χ1v) is 10.0. The predicted octanol–water partition coefficient (Wildman–Crippen LogP) is 3.40. The summed E-state index contributed by atoms with van der Waals surface area (Å²) in [4.78, 5) is 28.1. The van der Waals surface area contributed by atoms with Crippen molar-refractivity contribution >= 4 is 28.2 Å². The van der Waals surface area contributed by atoms with Crippen LogP contribution in [0.2, 0.25) is 0 Å². The van der Waals surface area contributed by atoms with Crippen molar-refractivity contribution in [2.24, 2.45) is 5.41 Å². The van der Waals surface area contributed by atoms with Crippen LogP contribution < -0.4 is 10.6 Å². The van der Waals surface area contributed by atoms with Gasteiger partial charge >= 0.3 is 0 Å². The molecule has 5 nitrogen and oxygen atoms in total. The lowest BCUT2D eigenvalue weighted by Crippen LogP contribution is -2.46. The fraction of sp³-hybridized carbons (Fsp3) is 0.684. The molecule has 1 aromatic heterocycles. The molecule has 2 fully saturated rings. The van der Waals surface area contributed by atoms with Crippen LogP contribution in [0.4, 0.5) is 5.00 Å². The maximum absolute atomic E-state index is 12.8.